The van der Waals surface area contributed by atoms with Gasteiger partial charge >= 0.3 is 6.18 Å². The zero-order valence-corrected chi connectivity index (χ0v) is 9.88. The lowest BCUT2D eigenvalue weighted by Gasteiger charge is -2.25. The predicted octanol–water partition coefficient (Wildman–Crippen LogP) is 2.37. The Labute approximate surface area is 103 Å². The van der Waals surface area contributed by atoms with Gasteiger partial charge in [0.15, 0.2) is 0 Å². The van der Waals surface area contributed by atoms with Gasteiger partial charge in [-0.2, -0.15) is 13.2 Å². The standard InChI is InChI=1S/C12H14F3NO2/c1-17-10-5-8(11-7-18-3-2-16-11)4-9(6-10)12(13,14)15/h4-6,11,16H,2-3,7H2,1H3/t11-/m0/s1. The van der Waals surface area contributed by atoms with E-state index in [1.54, 1.807) is 6.07 Å². The monoisotopic (exact) mass is 261 g/mol. The normalized spacial score (nSPS) is 20.8. The first-order chi connectivity index (χ1) is 8.50. The van der Waals surface area contributed by atoms with E-state index in [-0.39, 0.29) is 11.8 Å². The molecule has 1 aromatic carbocycles. The fourth-order valence-corrected chi connectivity index (χ4v) is 1.88. The first-order valence-electron chi connectivity index (χ1n) is 5.58. The van der Waals surface area contributed by atoms with Gasteiger partial charge in [0.1, 0.15) is 5.75 Å². The van der Waals surface area contributed by atoms with Crippen molar-refractivity contribution in [2.75, 3.05) is 26.9 Å². The van der Waals surface area contributed by atoms with E-state index in [0.29, 0.717) is 25.3 Å². The second kappa shape index (κ2) is 5.16. The Morgan fingerprint density at radius 1 is 1.33 bits per heavy atom. The van der Waals surface area contributed by atoms with E-state index in [1.165, 1.54) is 7.11 Å². The van der Waals surface area contributed by atoms with Crippen LogP contribution in [-0.4, -0.2) is 26.9 Å². The van der Waals surface area contributed by atoms with E-state index in [0.717, 1.165) is 12.1 Å². The van der Waals surface area contributed by atoms with E-state index in [1.807, 2.05) is 0 Å². The summed E-state index contributed by atoms with van der Waals surface area (Å²) in [6, 6.07) is 3.50. The molecular formula is C12H14F3NO2. The molecule has 0 radical (unpaired) electrons. The topological polar surface area (TPSA) is 30.5 Å². The molecule has 6 heteroatoms. The molecule has 0 amide bonds. The molecule has 18 heavy (non-hydrogen) atoms. The number of morpholine rings is 1. The second-order valence-electron chi connectivity index (χ2n) is 4.07. The first kappa shape index (κ1) is 13.2. The molecule has 3 nitrogen and oxygen atoms in total. The molecule has 1 aromatic rings. The minimum Gasteiger partial charge on any atom is -0.497 e. The van der Waals surface area contributed by atoms with Crippen molar-refractivity contribution in [2.24, 2.45) is 0 Å². The largest absolute Gasteiger partial charge is 0.497 e. The number of ether oxygens (including phenoxy) is 2. The van der Waals surface area contributed by atoms with Gasteiger partial charge in [0, 0.05) is 6.54 Å². The first-order valence-corrected chi connectivity index (χ1v) is 5.58. The maximum Gasteiger partial charge on any atom is 0.416 e. The highest BCUT2D eigenvalue weighted by molar-refractivity contribution is 5.37. The second-order valence-corrected chi connectivity index (χ2v) is 4.07. The van der Waals surface area contributed by atoms with Crippen molar-refractivity contribution in [3.8, 4) is 5.75 Å². The summed E-state index contributed by atoms with van der Waals surface area (Å²) in [5, 5.41) is 3.12. The zero-order valence-electron chi connectivity index (χ0n) is 9.88. The van der Waals surface area contributed by atoms with Crippen molar-refractivity contribution >= 4 is 0 Å². The van der Waals surface area contributed by atoms with Crippen LogP contribution in [0.25, 0.3) is 0 Å². The number of hydrogen-bond donors (Lipinski definition) is 1. The Morgan fingerprint density at radius 2 is 2.11 bits per heavy atom. The molecule has 0 bridgehead atoms. The summed E-state index contributed by atoms with van der Waals surface area (Å²) in [6.07, 6.45) is -4.38. The number of alkyl halides is 3. The van der Waals surface area contributed by atoms with E-state index < -0.39 is 11.7 Å². The van der Waals surface area contributed by atoms with E-state index in [9.17, 15) is 13.2 Å². The van der Waals surface area contributed by atoms with Crippen LogP contribution in [-0.2, 0) is 10.9 Å². The van der Waals surface area contributed by atoms with Gasteiger partial charge in [-0.3, -0.25) is 0 Å². The van der Waals surface area contributed by atoms with E-state index in [2.05, 4.69) is 5.32 Å². The molecule has 0 unspecified atom stereocenters. The van der Waals surface area contributed by atoms with Gasteiger partial charge in [-0.15, -0.1) is 0 Å². The number of benzene rings is 1. The minimum atomic E-state index is -4.38. The number of hydrogen-bond acceptors (Lipinski definition) is 3. The number of methoxy groups -OCH3 is 1. The molecule has 1 N–H and O–H groups in total. The summed E-state index contributed by atoms with van der Waals surface area (Å²) < 4.78 is 48.4. The third kappa shape index (κ3) is 2.94. The summed E-state index contributed by atoms with van der Waals surface area (Å²) in [4.78, 5) is 0. The molecule has 1 heterocycles. The Morgan fingerprint density at radius 3 is 2.67 bits per heavy atom. The highest BCUT2D eigenvalue weighted by Gasteiger charge is 2.32. The van der Waals surface area contributed by atoms with Crippen molar-refractivity contribution in [2.45, 2.75) is 12.2 Å². The van der Waals surface area contributed by atoms with Crippen LogP contribution < -0.4 is 10.1 Å². The van der Waals surface area contributed by atoms with Gasteiger partial charge < -0.3 is 14.8 Å². The fraction of sp³-hybridized carbons (Fsp3) is 0.500. The van der Waals surface area contributed by atoms with Gasteiger partial charge in [0.25, 0.3) is 0 Å². The summed E-state index contributed by atoms with van der Waals surface area (Å²) in [6.45, 7) is 1.57. The molecule has 2 rings (SSSR count). The third-order valence-electron chi connectivity index (χ3n) is 2.82. The van der Waals surface area contributed by atoms with Crippen LogP contribution in [0.5, 0.6) is 5.75 Å². The molecule has 0 aliphatic carbocycles. The highest BCUT2D eigenvalue weighted by Crippen LogP contribution is 2.34. The van der Waals surface area contributed by atoms with Crippen LogP contribution >= 0.6 is 0 Å². The van der Waals surface area contributed by atoms with Gasteiger partial charge in [0.2, 0.25) is 0 Å². The average molecular weight is 261 g/mol. The smallest absolute Gasteiger partial charge is 0.416 e. The maximum atomic E-state index is 12.7. The van der Waals surface area contributed by atoms with E-state index in [4.69, 9.17) is 9.47 Å². The quantitative estimate of drug-likeness (QED) is 0.886. The molecule has 1 aliphatic rings. The van der Waals surface area contributed by atoms with Crippen molar-refractivity contribution in [3.05, 3.63) is 29.3 Å². The van der Waals surface area contributed by atoms with Gasteiger partial charge in [-0.25, -0.2) is 0 Å². The van der Waals surface area contributed by atoms with Gasteiger partial charge in [0.05, 0.1) is 31.9 Å². The Balaban J connectivity index is 2.34. The van der Waals surface area contributed by atoms with Crippen molar-refractivity contribution in [1.29, 1.82) is 0 Å². The molecule has 0 spiro atoms. The lowest BCUT2D eigenvalue weighted by atomic mass is 10.0. The summed E-state index contributed by atoms with van der Waals surface area (Å²) in [5.41, 5.74) is -0.175. The van der Waals surface area contributed by atoms with Crippen LogP contribution in [0.3, 0.4) is 0 Å². The number of halogens is 3. The molecule has 1 aliphatic heterocycles. The van der Waals surface area contributed by atoms with Crippen molar-refractivity contribution in [3.63, 3.8) is 0 Å². The minimum absolute atomic E-state index is 0.201. The number of rotatable bonds is 2. The Bertz CT molecular complexity index is 414. The lowest BCUT2D eigenvalue weighted by molar-refractivity contribution is -0.137. The predicted molar refractivity (Wildman–Crippen MR) is 59.6 cm³/mol. The molecule has 100 valence electrons. The summed E-state index contributed by atoms with van der Waals surface area (Å²) >= 11 is 0. The fourth-order valence-electron chi connectivity index (χ4n) is 1.88. The Kier molecular flexibility index (Phi) is 3.77. The SMILES string of the molecule is COc1cc([C@@H]2COCCN2)cc(C(F)(F)F)c1. The number of nitrogens with one attached hydrogen (secondary N) is 1. The van der Waals surface area contributed by atoms with Crippen LogP contribution in [0.2, 0.25) is 0 Å². The average Bonchev–Trinajstić information content (AvgIpc) is 2.38. The van der Waals surface area contributed by atoms with Crippen LogP contribution in [0.15, 0.2) is 18.2 Å². The molecule has 1 saturated heterocycles. The maximum absolute atomic E-state index is 12.7. The summed E-state index contributed by atoms with van der Waals surface area (Å²) in [5.74, 6) is 0.201. The third-order valence-corrected chi connectivity index (χ3v) is 2.82. The van der Waals surface area contributed by atoms with Crippen LogP contribution in [0.4, 0.5) is 13.2 Å². The zero-order chi connectivity index (χ0) is 13.2. The van der Waals surface area contributed by atoms with Gasteiger partial charge in [-0.05, 0) is 23.8 Å². The molecule has 0 aromatic heterocycles. The Hall–Kier alpha value is -1.27. The molecular weight excluding hydrogens is 247 g/mol. The lowest BCUT2D eigenvalue weighted by Crippen LogP contribution is -2.34. The van der Waals surface area contributed by atoms with Gasteiger partial charge in [-0.1, -0.05) is 0 Å². The van der Waals surface area contributed by atoms with Crippen LogP contribution in [0.1, 0.15) is 17.2 Å². The van der Waals surface area contributed by atoms with Crippen LogP contribution in [0, 0.1) is 0 Å². The van der Waals surface area contributed by atoms with Crippen molar-refractivity contribution < 1.29 is 22.6 Å². The van der Waals surface area contributed by atoms with Crippen molar-refractivity contribution in [1.82, 2.24) is 5.32 Å². The summed E-state index contributed by atoms with van der Waals surface area (Å²) in [7, 11) is 1.35. The highest BCUT2D eigenvalue weighted by atomic mass is 19.4. The molecule has 0 saturated carbocycles. The van der Waals surface area contributed by atoms with E-state index >= 15 is 0 Å². The molecule has 1 fully saturated rings. The molecule has 1 atom stereocenters.